The van der Waals surface area contributed by atoms with Gasteiger partial charge in [0.25, 0.3) is 0 Å². The van der Waals surface area contributed by atoms with Crippen LogP contribution in [0.5, 0.6) is 0 Å². The SMILES string of the molecule is CC(=O)N1CCC([SH](=O)=O)CC1. The molecule has 0 aromatic carbocycles. The molecule has 0 radical (unpaired) electrons. The van der Waals surface area contributed by atoms with Gasteiger partial charge in [-0.05, 0) is 12.8 Å². The molecular formula is C7H13NO3S. The first-order valence-electron chi connectivity index (χ1n) is 4.00. The van der Waals surface area contributed by atoms with Crippen LogP contribution in [0.4, 0.5) is 0 Å². The van der Waals surface area contributed by atoms with Crippen molar-refractivity contribution in [3.63, 3.8) is 0 Å². The number of carbonyl (C=O) groups excluding carboxylic acids is 1. The van der Waals surface area contributed by atoms with Crippen LogP contribution in [0.2, 0.25) is 0 Å². The van der Waals surface area contributed by atoms with E-state index < -0.39 is 10.7 Å². The standard InChI is InChI=1S/C7H13NO3S/c1-6(9)8-4-2-7(3-5-8)12(10)11/h7,12H,2-5H2,1H3. The molecule has 1 fully saturated rings. The molecular weight excluding hydrogens is 178 g/mol. The maximum absolute atomic E-state index is 10.9. The monoisotopic (exact) mass is 191 g/mol. The Kier molecular flexibility index (Phi) is 3.08. The summed E-state index contributed by atoms with van der Waals surface area (Å²) in [7, 11) is -2.29. The molecule has 0 aliphatic carbocycles. The van der Waals surface area contributed by atoms with Gasteiger partial charge < -0.3 is 4.90 Å². The van der Waals surface area contributed by atoms with Gasteiger partial charge in [-0.1, -0.05) is 0 Å². The van der Waals surface area contributed by atoms with Gasteiger partial charge in [0.1, 0.15) is 10.7 Å². The zero-order valence-corrected chi connectivity index (χ0v) is 7.92. The number of hydrogen-bond acceptors (Lipinski definition) is 3. The highest BCUT2D eigenvalue weighted by atomic mass is 32.2. The number of piperidine rings is 1. The zero-order chi connectivity index (χ0) is 9.14. The van der Waals surface area contributed by atoms with Crippen LogP contribution in [-0.2, 0) is 15.5 Å². The maximum atomic E-state index is 10.9. The smallest absolute Gasteiger partial charge is 0.219 e. The fourth-order valence-electron chi connectivity index (χ4n) is 1.39. The molecule has 1 aliphatic heterocycles. The first-order chi connectivity index (χ1) is 5.61. The Morgan fingerprint density at radius 3 is 2.17 bits per heavy atom. The molecule has 1 heterocycles. The van der Waals surface area contributed by atoms with Gasteiger partial charge in [0.2, 0.25) is 5.91 Å². The topological polar surface area (TPSA) is 54.5 Å². The van der Waals surface area contributed by atoms with Gasteiger partial charge in [-0.25, -0.2) is 8.42 Å². The van der Waals surface area contributed by atoms with E-state index >= 15 is 0 Å². The number of thiol groups is 1. The molecule has 0 saturated carbocycles. The molecule has 0 atom stereocenters. The molecule has 1 rings (SSSR count). The number of rotatable bonds is 1. The summed E-state index contributed by atoms with van der Waals surface area (Å²) in [6.45, 7) is 2.68. The van der Waals surface area contributed by atoms with Crippen molar-refractivity contribution in [2.24, 2.45) is 0 Å². The predicted octanol–water partition coefficient (Wildman–Crippen LogP) is -0.391. The van der Waals surface area contributed by atoms with Gasteiger partial charge in [-0.15, -0.1) is 0 Å². The molecule has 0 N–H and O–H groups in total. The third-order valence-electron chi connectivity index (χ3n) is 2.21. The molecule has 0 aromatic rings. The van der Waals surface area contributed by atoms with E-state index in [1.165, 1.54) is 6.92 Å². The third-order valence-corrected chi connectivity index (χ3v) is 3.32. The van der Waals surface area contributed by atoms with Gasteiger partial charge in [0, 0.05) is 20.0 Å². The van der Waals surface area contributed by atoms with E-state index in [1.54, 1.807) is 4.90 Å². The molecule has 12 heavy (non-hydrogen) atoms. The number of carbonyl (C=O) groups is 1. The highest BCUT2D eigenvalue weighted by Crippen LogP contribution is 2.12. The largest absolute Gasteiger partial charge is 0.343 e. The lowest BCUT2D eigenvalue weighted by Crippen LogP contribution is -2.39. The Hall–Kier alpha value is -0.580. The molecule has 0 bridgehead atoms. The van der Waals surface area contributed by atoms with Gasteiger partial charge >= 0.3 is 0 Å². The minimum atomic E-state index is -2.29. The van der Waals surface area contributed by atoms with Gasteiger partial charge in [-0.3, -0.25) is 4.79 Å². The Labute approximate surface area is 73.5 Å². The van der Waals surface area contributed by atoms with Gasteiger partial charge in [-0.2, -0.15) is 0 Å². The maximum Gasteiger partial charge on any atom is 0.219 e. The summed E-state index contributed by atoms with van der Waals surface area (Å²) in [6.07, 6.45) is 1.19. The number of hydrogen-bond donors (Lipinski definition) is 1. The fourth-order valence-corrected chi connectivity index (χ4v) is 2.04. The van der Waals surface area contributed by atoms with E-state index in [9.17, 15) is 13.2 Å². The number of nitrogens with zero attached hydrogens (tertiary/aromatic N) is 1. The Morgan fingerprint density at radius 2 is 1.83 bits per heavy atom. The minimum absolute atomic E-state index is 0.0366. The highest BCUT2D eigenvalue weighted by Gasteiger charge is 2.21. The van der Waals surface area contributed by atoms with Crippen molar-refractivity contribution in [3.8, 4) is 0 Å². The van der Waals surface area contributed by atoms with Crippen molar-refractivity contribution < 1.29 is 13.2 Å². The average Bonchev–Trinajstić information content (AvgIpc) is 2.04. The summed E-state index contributed by atoms with van der Waals surface area (Å²) in [6, 6.07) is 0. The molecule has 0 spiro atoms. The van der Waals surface area contributed by atoms with Crippen molar-refractivity contribution in [1.29, 1.82) is 0 Å². The molecule has 1 aliphatic rings. The van der Waals surface area contributed by atoms with Gasteiger partial charge in [0.05, 0.1) is 5.25 Å². The Morgan fingerprint density at radius 1 is 1.33 bits per heavy atom. The van der Waals surface area contributed by atoms with Crippen LogP contribution in [0.25, 0.3) is 0 Å². The average molecular weight is 191 g/mol. The molecule has 1 saturated heterocycles. The van der Waals surface area contributed by atoms with Crippen LogP contribution >= 0.6 is 0 Å². The lowest BCUT2D eigenvalue weighted by molar-refractivity contribution is -0.129. The van der Waals surface area contributed by atoms with E-state index in [1.807, 2.05) is 0 Å². The molecule has 1 amide bonds. The van der Waals surface area contributed by atoms with Crippen LogP contribution in [0.3, 0.4) is 0 Å². The highest BCUT2D eigenvalue weighted by molar-refractivity contribution is 7.73. The van der Waals surface area contributed by atoms with Crippen molar-refractivity contribution in [3.05, 3.63) is 0 Å². The van der Waals surface area contributed by atoms with E-state index in [-0.39, 0.29) is 11.2 Å². The third kappa shape index (κ3) is 2.20. The first-order valence-corrected chi connectivity index (χ1v) is 5.25. The van der Waals surface area contributed by atoms with E-state index in [0.717, 1.165) is 0 Å². The van der Waals surface area contributed by atoms with Crippen LogP contribution in [0.1, 0.15) is 19.8 Å². The molecule has 4 nitrogen and oxygen atoms in total. The molecule has 0 unspecified atom stereocenters. The second-order valence-corrected chi connectivity index (χ2v) is 4.32. The Bertz CT molecular complexity index is 233. The van der Waals surface area contributed by atoms with Crippen LogP contribution < -0.4 is 0 Å². The van der Waals surface area contributed by atoms with Crippen molar-refractivity contribution in [2.45, 2.75) is 25.0 Å². The minimum Gasteiger partial charge on any atom is -0.343 e. The Balaban J connectivity index is 2.44. The van der Waals surface area contributed by atoms with Crippen molar-refractivity contribution in [2.75, 3.05) is 13.1 Å². The molecule has 0 aromatic heterocycles. The fraction of sp³-hybridized carbons (Fsp3) is 0.857. The predicted molar refractivity (Wildman–Crippen MR) is 45.6 cm³/mol. The molecule has 5 heteroatoms. The summed E-state index contributed by atoms with van der Waals surface area (Å²) in [5.74, 6) is 0.0366. The van der Waals surface area contributed by atoms with E-state index in [2.05, 4.69) is 0 Å². The van der Waals surface area contributed by atoms with E-state index in [0.29, 0.717) is 25.9 Å². The van der Waals surface area contributed by atoms with Crippen LogP contribution in [0, 0.1) is 0 Å². The van der Waals surface area contributed by atoms with Crippen LogP contribution in [-0.4, -0.2) is 37.6 Å². The second kappa shape index (κ2) is 3.89. The zero-order valence-electron chi connectivity index (χ0n) is 7.02. The van der Waals surface area contributed by atoms with Crippen molar-refractivity contribution >= 4 is 16.6 Å². The van der Waals surface area contributed by atoms with Crippen molar-refractivity contribution in [1.82, 2.24) is 4.90 Å². The first kappa shape index (κ1) is 9.51. The van der Waals surface area contributed by atoms with E-state index in [4.69, 9.17) is 0 Å². The lowest BCUT2D eigenvalue weighted by Gasteiger charge is -2.28. The second-order valence-electron chi connectivity index (χ2n) is 3.02. The molecule has 70 valence electrons. The summed E-state index contributed by atoms with van der Waals surface area (Å²) >= 11 is 0. The van der Waals surface area contributed by atoms with Gasteiger partial charge in [0.15, 0.2) is 0 Å². The summed E-state index contributed by atoms with van der Waals surface area (Å²) in [4.78, 5) is 12.5. The normalized spacial score (nSPS) is 20.0. The lowest BCUT2D eigenvalue weighted by atomic mass is 10.1. The quantitative estimate of drug-likeness (QED) is 0.574. The summed E-state index contributed by atoms with van der Waals surface area (Å²) in [5, 5.41) is -0.212. The summed E-state index contributed by atoms with van der Waals surface area (Å²) in [5.41, 5.74) is 0. The summed E-state index contributed by atoms with van der Waals surface area (Å²) < 4.78 is 21.1. The number of amides is 1. The number of likely N-dealkylation sites (tertiary alicyclic amines) is 1. The van der Waals surface area contributed by atoms with Crippen LogP contribution in [0.15, 0.2) is 0 Å².